The molecular formula is C64H41N3O2. The van der Waals surface area contributed by atoms with Gasteiger partial charge < -0.3 is 9.47 Å². The normalized spacial score (nSPS) is 12.7. The molecule has 0 bridgehead atoms. The molecule has 2 heterocycles. The molecule has 0 spiro atoms. The Morgan fingerprint density at radius 2 is 0.754 bits per heavy atom. The molecule has 324 valence electrons. The predicted octanol–water partition coefficient (Wildman–Crippen LogP) is 16.1. The van der Waals surface area contributed by atoms with E-state index in [9.17, 15) is 0 Å². The summed E-state index contributed by atoms with van der Waals surface area (Å²) in [5.74, 6) is 4.40. The maximum absolute atomic E-state index is 7.00. The average Bonchev–Trinajstić information content (AvgIpc) is 3.75. The average molecular weight is 884 g/mol. The highest BCUT2D eigenvalue weighted by atomic mass is 16.6. The highest BCUT2D eigenvalue weighted by Gasteiger charge is 2.48. The van der Waals surface area contributed by atoms with Crippen LogP contribution in [0, 0.1) is 0 Å². The zero-order valence-corrected chi connectivity index (χ0v) is 37.3. The minimum absolute atomic E-state index is 0.551. The third-order valence-corrected chi connectivity index (χ3v) is 13.5. The number of nitrogens with zero attached hydrogens (tertiary/aromatic N) is 3. The van der Waals surface area contributed by atoms with Gasteiger partial charge in [-0.15, -0.1) is 0 Å². The van der Waals surface area contributed by atoms with Gasteiger partial charge in [-0.05, 0) is 91.5 Å². The summed E-state index contributed by atoms with van der Waals surface area (Å²) < 4.78 is 13.9. The van der Waals surface area contributed by atoms with Crippen molar-refractivity contribution in [2.45, 2.75) is 5.41 Å². The SMILES string of the molecule is c1ccc(-c2cccc(-c3nc(-c4cccc(-c5ccccc5)c4)nc(-c4ccccc4-c4ccc5c(c4)Oc4ccc6c(c4O5)-c4ccccc4C6(c4ccccc4)c4ccccc4)n3)c2)cc1. The van der Waals surface area contributed by atoms with Gasteiger partial charge in [0.2, 0.25) is 0 Å². The number of ether oxygens (including phenoxy) is 2. The van der Waals surface area contributed by atoms with E-state index >= 15 is 0 Å². The summed E-state index contributed by atoms with van der Waals surface area (Å²) in [5, 5.41) is 0. The molecule has 2 aliphatic rings. The summed E-state index contributed by atoms with van der Waals surface area (Å²) >= 11 is 0. The molecule has 69 heavy (non-hydrogen) atoms. The Balaban J connectivity index is 0.915. The molecule has 11 aromatic rings. The smallest absolute Gasteiger partial charge is 0.178 e. The van der Waals surface area contributed by atoms with Gasteiger partial charge in [-0.25, -0.2) is 15.0 Å². The van der Waals surface area contributed by atoms with Crippen molar-refractivity contribution in [3.8, 4) is 102 Å². The molecule has 0 saturated carbocycles. The molecule has 5 heteroatoms. The van der Waals surface area contributed by atoms with Crippen LogP contribution in [0.25, 0.3) is 78.7 Å². The van der Waals surface area contributed by atoms with Crippen molar-refractivity contribution in [2.24, 2.45) is 0 Å². The maximum atomic E-state index is 7.00. The Morgan fingerprint density at radius 1 is 0.275 bits per heavy atom. The zero-order chi connectivity index (χ0) is 45.7. The predicted molar refractivity (Wildman–Crippen MR) is 276 cm³/mol. The van der Waals surface area contributed by atoms with Crippen LogP contribution in [-0.2, 0) is 5.41 Å². The molecule has 0 saturated heterocycles. The monoisotopic (exact) mass is 883 g/mol. The first-order valence-electron chi connectivity index (χ1n) is 23.2. The number of rotatable bonds is 8. The van der Waals surface area contributed by atoms with Gasteiger partial charge >= 0.3 is 0 Å². The third-order valence-electron chi connectivity index (χ3n) is 13.5. The molecule has 0 fully saturated rings. The lowest BCUT2D eigenvalue weighted by Crippen LogP contribution is -2.28. The Morgan fingerprint density at radius 3 is 1.36 bits per heavy atom. The van der Waals surface area contributed by atoms with Crippen molar-refractivity contribution in [1.29, 1.82) is 0 Å². The lowest BCUT2D eigenvalue weighted by molar-refractivity contribution is 0.360. The second-order valence-corrected chi connectivity index (χ2v) is 17.5. The van der Waals surface area contributed by atoms with E-state index in [-0.39, 0.29) is 0 Å². The van der Waals surface area contributed by atoms with Gasteiger partial charge in [-0.1, -0.05) is 218 Å². The molecule has 0 unspecified atom stereocenters. The number of fused-ring (bicyclic) bond motifs is 6. The number of hydrogen-bond donors (Lipinski definition) is 0. The van der Waals surface area contributed by atoms with Crippen LogP contribution in [-0.4, -0.2) is 15.0 Å². The zero-order valence-electron chi connectivity index (χ0n) is 37.3. The van der Waals surface area contributed by atoms with E-state index in [0.717, 1.165) is 66.8 Å². The van der Waals surface area contributed by atoms with Gasteiger partial charge in [0.1, 0.15) is 0 Å². The molecule has 10 aromatic carbocycles. The molecule has 0 N–H and O–H groups in total. The van der Waals surface area contributed by atoms with E-state index in [2.05, 4.69) is 218 Å². The van der Waals surface area contributed by atoms with Gasteiger partial charge in [0.15, 0.2) is 40.5 Å². The van der Waals surface area contributed by atoms with Crippen LogP contribution >= 0.6 is 0 Å². The van der Waals surface area contributed by atoms with E-state index in [1.54, 1.807) is 0 Å². The van der Waals surface area contributed by atoms with Crippen molar-refractivity contribution in [3.63, 3.8) is 0 Å². The van der Waals surface area contributed by atoms with E-state index in [0.29, 0.717) is 40.5 Å². The molecule has 1 aromatic heterocycles. The lowest BCUT2D eigenvalue weighted by Gasteiger charge is -2.34. The topological polar surface area (TPSA) is 57.1 Å². The van der Waals surface area contributed by atoms with E-state index in [4.69, 9.17) is 24.4 Å². The quantitative estimate of drug-likeness (QED) is 0.152. The summed E-state index contributed by atoms with van der Waals surface area (Å²) in [5.41, 5.74) is 15.4. The number of benzene rings is 10. The van der Waals surface area contributed by atoms with Crippen molar-refractivity contribution in [3.05, 3.63) is 271 Å². The Labute approximate surface area is 400 Å². The summed E-state index contributed by atoms with van der Waals surface area (Å²) in [7, 11) is 0. The molecule has 1 aliphatic heterocycles. The summed E-state index contributed by atoms with van der Waals surface area (Å²) in [6.07, 6.45) is 0. The van der Waals surface area contributed by atoms with Crippen LogP contribution < -0.4 is 9.47 Å². The summed E-state index contributed by atoms with van der Waals surface area (Å²) in [6, 6.07) is 86.6. The van der Waals surface area contributed by atoms with E-state index < -0.39 is 5.41 Å². The van der Waals surface area contributed by atoms with Crippen molar-refractivity contribution in [1.82, 2.24) is 15.0 Å². The summed E-state index contributed by atoms with van der Waals surface area (Å²) in [6.45, 7) is 0. The Kier molecular flexibility index (Phi) is 9.65. The first-order valence-corrected chi connectivity index (χ1v) is 23.2. The van der Waals surface area contributed by atoms with E-state index in [1.807, 2.05) is 30.3 Å². The van der Waals surface area contributed by atoms with Crippen LogP contribution in [0.5, 0.6) is 23.0 Å². The molecule has 0 atom stereocenters. The van der Waals surface area contributed by atoms with Gasteiger partial charge in [-0.2, -0.15) is 0 Å². The highest BCUT2D eigenvalue weighted by Crippen LogP contribution is 2.62. The van der Waals surface area contributed by atoms with Gasteiger partial charge in [0, 0.05) is 22.3 Å². The van der Waals surface area contributed by atoms with Crippen LogP contribution in [0.2, 0.25) is 0 Å². The molecule has 5 nitrogen and oxygen atoms in total. The second-order valence-electron chi connectivity index (χ2n) is 17.5. The fourth-order valence-corrected chi connectivity index (χ4v) is 10.4. The fourth-order valence-electron chi connectivity index (χ4n) is 10.4. The standard InChI is InChI=1S/C64H41N3O2/c1-5-19-42(20-6-1)44-23-17-25-47(39-44)61-65-62(48-26-18-24-45(40-48)43-21-7-2-8-22-43)67-63(66-61)52-32-14-13-31-51(52)46-35-37-56-58(41-46)68-57-38-36-55-59(60(57)69-56)53-33-15-16-34-54(53)64(55,49-27-9-3-10-28-49)50-29-11-4-12-30-50/h1-41H. The Hall–Kier alpha value is -9.19. The van der Waals surface area contributed by atoms with Gasteiger partial charge in [-0.3, -0.25) is 0 Å². The molecule has 13 rings (SSSR count). The minimum atomic E-state index is -0.551. The van der Waals surface area contributed by atoms with Crippen LogP contribution in [0.1, 0.15) is 22.3 Å². The van der Waals surface area contributed by atoms with Crippen molar-refractivity contribution >= 4 is 0 Å². The second kappa shape index (κ2) is 16.6. The van der Waals surface area contributed by atoms with Gasteiger partial charge in [0.05, 0.1) is 5.41 Å². The van der Waals surface area contributed by atoms with Gasteiger partial charge in [0.25, 0.3) is 0 Å². The van der Waals surface area contributed by atoms with Crippen molar-refractivity contribution in [2.75, 3.05) is 0 Å². The Bertz CT molecular complexity index is 3580. The molecular weight excluding hydrogens is 843 g/mol. The lowest BCUT2D eigenvalue weighted by atomic mass is 9.68. The first kappa shape index (κ1) is 40.1. The van der Waals surface area contributed by atoms with Crippen LogP contribution in [0.15, 0.2) is 249 Å². The van der Waals surface area contributed by atoms with Crippen molar-refractivity contribution < 1.29 is 9.47 Å². The summed E-state index contributed by atoms with van der Waals surface area (Å²) in [4.78, 5) is 15.7. The fraction of sp³-hybridized carbons (Fsp3) is 0.0156. The maximum Gasteiger partial charge on any atom is 0.178 e. The van der Waals surface area contributed by atoms with Crippen LogP contribution in [0.3, 0.4) is 0 Å². The third kappa shape index (κ3) is 6.82. The number of aromatic nitrogens is 3. The van der Waals surface area contributed by atoms with Crippen LogP contribution in [0.4, 0.5) is 0 Å². The molecule has 1 aliphatic carbocycles. The first-order chi connectivity index (χ1) is 34.2. The molecule has 0 radical (unpaired) electrons. The number of hydrogen-bond acceptors (Lipinski definition) is 5. The minimum Gasteiger partial charge on any atom is -0.449 e. The largest absolute Gasteiger partial charge is 0.449 e. The van der Waals surface area contributed by atoms with E-state index in [1.165, 1.54) is 16.7 Å². The highest BCUT2D eigenvalue weighted by molar-refractivity contribution is 5.92. The molecule has 0 amide bonds.